The second kappa shape index (κ2) is 9.61. The summed E-state index contributed by atoms with van der Waals surface area (Å²) in [7, 11) is 3.78. The fraction of sp³-hybridized carbons (Fsp3) is 0.682. The number of ether oxygens (including phenoxy) is 2. The number of nitrogens with one attached hydrogen (secondary N) is 1. The van der Waals surface area contributed by atoms with Crippen molar-refractivity contribution in [2.24, 2.45) is 0 Å². The Morgan fingerprint density at radius 3 is 2.46 bits per heavy atom. The molecule has 1 aliphatic carbocycles. The number of carbonyl (C=O) groups is 1. The number of carbonyl (C=O) groups excluding carboxylic acids is 1. The number of hydrogen-bond donors (Lipinski definition) is 1. The van der Waals surface area contributed by atoms with Gasteiger partial charge < -0.3 is 19.7 Å². The quantitative estimate of drug-likeness (QED) is 0.838. The van der Waals surface area contributed by atoms with E-state index in [9.17, 15) is 4.79 Å². The summed E-state index contributed by atoms with van der Waals surface area (Å²) in [4.78, 5) is 16.5. The smallest absolute Gasteiger partial charge is 0.409 e. The first kappa shape index (κ1) is 20.9. The molecule has 2 fully saturated rings. The van der Waals surface area contributed by atoms with Gasteiger partial charge in [0.05, 0.1) is 13.7 Å². The SMILES string of the molecule is CCOC(=O)N1CCCN(C2CCC(NC)(c3ccc(OC)cc3)CC2)CC1. The van der Waals surface area contributed by atoms with Crippen LogP contribution >= 0.6 is 0 Å². The number of amides is 1. The monoisotopic (exact) mass is 389 g/mol. The van der Waals surface area contributed by atoms with Crippen molar-refractivity contribution in [3.63, 3.8) is 0 Å². The topological polar surface area (TPSA) is 54.0 Å². The van der Waals surface area contributed by atoms with Crippen LogP contribution in [0.25, 0.3) is 0 Å². The number of benzene rings is 1. The van der Waals surface area contributed by atoms with E-state index in [1.165, 1.54) is 18.4 Å². The minimum absolute atomic E-state index is 0.0472. The first-order valence-electron chi connectivity index (χ1n) is 10.6. The van der Waals surface area contributed by atoms with Crippen molar-refractivity contribution in [3.05, 3.63) is 29.8 Å². The molecule has 0 spiro atoms. The summed E-state index contributed by atoms with van der Waals surface area (Å²) in [5.41, 5.74) is 1.39. The van der Waals surface area contributed by atoms with Crippen LogP contribution < -0.4 is 10.1 Å². The first-order valence-corrected chi connectivity index (χ1v) is 10.6. The van der Waals surface area contributed by atoms with Crippen LogP contribution in [0.2, 0.25) is 0 Å². The van der Waals surface area contributed by atoms with Gasteiger partial charge in [-0.15, -0.1) is 0 Å². The molecule has 3 rings (SSSR count). The highest BCUT2D eigenvalue weighted by molar-refractivity contribution is 5.67. The molecule has 1 saturated heterocycles. The Balaban J connectivity index is 1.58. The van der Waals surface area contributed by atoms with Crippen LogP contribution in [0, 0.1) is 0 Å². The second-order valence-electron chi connectivity index (χ2n) is 7.87. The van der Waals surface area contributed by atoms with E-state index in [1.54, 1.807) is 7.11 Å². The van der Waals surface area contributed by atoms with Crippen molar-refractivity contribution in [1.82, 2.24) is 15.1 Å². The molecule has 0 atom stereocenters. The molecular weight excluding hydrogens is 354 g/mol. The van der Waals surface area contributed by atoms with E-state index in [0.717, 1.165) is 51.2 Å². The largest absolute Gasteiger partial charge is 0.497 e. The first-order chi connectivity index (χ1) is 13.6. The Morgan fingerprint density at radius 2 is 1.86 bits per heavy atom. The van der Waals surface area contributed by atoms with E-state index in [4.69, 9.17) is 9.47 Å². The van der Waals surface area contributed by atoms with Crippen LogP contribution in [0.5, 0.6) is 5.75 Å². The standard InChI is InChI=1S/C22H35N3O3/c1-4-28-21(26)25-15-5-14-24(16-17-25)19-10-12-22(23-2,13-11-19)18-6-8-20(27-3)9-7-18/h6-9,19,23H,4-5,10-17H2,1-3H3. The molecule has 1 aromatic carbocycles. The Bertz CT molecular complexity index is 626. The molecule has 1 amide bonds. The van der Waals surface area contributed by atoms with E-state index < -0.39 is 0 Å². The number of hydrogen-bond acceptors (Lipinski definition) is 5. The Hall–Kier alpha value is -1.79. The molecule has 1 saturated carbocycles. The van der Waals surface area contributed by atoms with Gasteiger partial charge in [-0.05, 0) is 63.8 Å². The zero-order valence-corrected chi connectivity index (χ0v) is 17.6. The lowest BCUT2D eigenvalue weighted by molar-refractivity contribution is 0.100. The maximum absolute atomic E-state index is 12.0. The number of methoxy groups -OCH3 is 1. The zero-order chi connectivity index (χ0) is 20.0. The fourth-order valence-electron chi connectivity index (χ4n) is 4.75. The van der Waals surface area contributed by atoms with Gasteiger partial charge >= 0.3 is 6.09 Å². The predicted octanol–water partition coefficient (Wildman–Crippen LogP) is 3.22. The third-order valence-corrected chi connectivity index (χ3v) is 6.50. The minimum Gasteiger partial charge on any atom is -0.497 e. The molecule has 1 heterocycles. The molecular formula is C22H35N3O3. The predicted molar refractivity (Wildman–Crippen MR) is 111 cm³/mol. The van der Waals surface area contributed by atoms with Gasteiger partial charge in [0.1, 0.15) is 5.75 Å². The van der Waals surface area contributed by atoms with Crippen LogP contribution in [0.1, 0.15) is 44.6 Å². The van der Waals surface area contributed by atoms with E-state index in [2.05, 4.69) is 41.5 Å². The van der Waals surface area contributed by atoms with Crippen LogP contribution in [-0.2, 0) is 10.3 Å². The maximum atomic E-state index is 12.0. The lowest BCUT2D eigenvalue weighted by Gasteiger charge is -2.44. The van der Waals surface area contributed by atoms with Gasteiger partial charge in [-0.1, -0.05) is 12.1 Å². The van der Waals surface area contributed by atoms with Gasteiger partial charge in [0.15, 0.2) is 0 Å². The average Bonchev–Trinajstić information content (AvgIpc) is 3.00. The van der Waals surface area contributed by atoms with Gasteiger partial charge in [-0.25, -0.2) is 4.79 Å². The Labute approximate surface area is 169 Å². The molecule has 0 unspecified atom stereocenters. The van der Waals surface area contributed by atoms with Crippen LogP contribution in [0.15, 0.2) is 24.3 Å². The van der Waals surface area contributed by atoms with Crippen molar-refractivity contribution in [2.75, 3.05) is 46.9 Å². The van der Waals surface area contributed by atoms with Gasteiger partial charge in [0.2, 0.25) is 0 Å². The summed E-state index contributed by atoms with van der Waals surface area (Å²) in [5, 5.41) is 3.61. The molecule has 1 aliphatic heterocycles. The highest BCUT2D eigenvalue weighted by atomic mass is 16.6. The molecule has 0 bridgehead atoms. The number of nitrogens with zero attached hydrogens (tertiary/aromatic N) is 2. The van der Waals surface area contributed by atoms with Crippen molar-refractivity contribution in [3.8, 4) is 5.75 Å². The summed E-state index contributed by atoms with van der Waals surface area (Å²) >= 11 is 0. The van der Waals surface area contributed by atoms with E-state index in [1.807, 2.05) is 11.8 Å². The Kier molecular flexibility index (Phi) is 7.18. The maximum Gasteiger partial charge on any atom is 0.409 e. The van der Waals surface area contributed by atoms with E-state index in [0.29, 0.717) is 12.6 Å². The lowest BCUT2D eigenvalue weighted by atomic mass is 9.74. The number of rotatable bonds is 5. The van der Waals surface area contributed by atoms with Crippen molar-refractivity contribution < 1.29 is 14.3 Å². The third kappa shape index (κ3) is 4.61. The van der Waals surface area contributed by atoms with Gasteiger partial charge in [0, 0.05) is 37.8 Å². The summed E-state index contributed by atoms with van der Waals surface area (Å²) in [5.74, 6) is 0.902. The average molecular weight is 390 g/mol. The van der Waals surface area contributed by atoms with Gasteiger partial charge in [-0.3, -0.25) is 4.90 Å². The van der Waals surface area contributed by atoms with Crippen molar-refractivity contribution in [1.29, 1.82) is 0 Å². The second-order valence-corrected chi connectivity index (χ2v) is 7.87. The van der Waals surface area contributed by atoms with Gasteiger partial charge in [0.25, 0.3) is 0 Å². The molecule has 6 nitrogen and oxygen atoms in total. The molecule has 156 valence electrons. The molecule has 28 heavy (non-hydrogen) atoms. The lowest BCUT2D eigenvalue weighted by Crippen LogP contribution is -2.48. The minimum atomic E-state index is -0.165. The molecule has 0 aromatic heterocycles. The summed E-state index contributed by atoms with van der Waals surface area (Å²) in [6.07, 6.45) is 5.45. The Morgan fingerprint density at radius 1 is 1.14 bits per heavy atom. The molecule has 0 radical (unpaired) electrons. The molecule has 1 N–H and O–H groups in total. The summed E-state index contributed by atoms with van der Waals surface area (Å²) in [6, 6.07) is 9.10. The summed E-state index contributed by atoms with van der Waals surface area (Å²) < 4.78 is 10.5. The van der Waals surface area contributed by atoms with Crippen molar-refractivity contribution >= 4 is 6.09 Å². The molecule has 2 aliphatic rings. The van der Waals surface area contributed by atoms with Crippen LogP contribution in [0.4, 0.5) is 4.79 Å². The zero-order valence-electron chi connectivity index (χ0n) is 17.6. The van der Waals surface area contributed by atoms with Crippen LogP contribution in [-0.4, -0.2) is 68.9 Å². The fourth-order valence-corrected chi connectivity index (χ4v) is 4.75. The van der Waals surface area contributed by atoms with Gasteiger partial charge in [-0.2, -0.15) is 0 Å². The molecule has 6 heteroatoms. The third-order valence-electron chi connectivity index (χ3n) is 6.50. The van der Waals surface area contributed by atoms with Crippen molar-refractivity contribution in [2.45, 2.75) is 50.6 Å². The normalized spacial score (nSPS) is 26.5. The highest BCUT2D eigenvalue weighted by Crippen LogP contribution is 2.39. The van der Waals surface area contributed by atoms with E-state index in [-0.39, 0.29) is 11.6 Å². The van der Waals surface area contributed by atoms with Crippen LogP contribution in [0.3, 0.4) is 0 Å². The highest BCUT2D eigenvalue weighted by Gasteiger charge is 2.37. The van der Waals surface area contributed by atoms with E-state index >= 15 is 0 Å². The summed E-state index contributed by atoms with van der Waals surface area (Å²) in [6.45, 7) is 5.88. The molecule has 1 aromatic rings.